The Hall–Kier alpha value is -2.89. The standard InChI is InChI=1S/C20H26N4O2/c1-4-23(5-2)18-8-10-19(11-9-18)24(16(3)25)15-20(26)22-14-17-7-6-12-21-13-17/h6-13H,4-5,14-15H2,1-3H3,(H,22,26). The molecule has 2 amide bonds. The van der Waals surface area contributed by atoms with E-state index < -0.39 is 0 Å². The molecule has 2 rings (SSSR count). The van der Waals surface area contributed by atoms with Crippen LogP contribution in [0.3, 0.4) is 0 Å². The fraction of sp³-hybridized carbons (Fsp3) is 0.350. The Kier molecular flexibility index (Phi) is 7.14. The molecular weight excluding hydrogens is 328 g/mol. The van der Waals surface area contributed by atoms with E-state index >= 15 is 0 Å². The summed E-state index contributed by atoms with van der Waals surface area (Å²) in [4.78, 5) is 32.0. The van der Waals surface area contributed by atoms with Gasteiger partial charge in [0.25, 0.3) is 0 Å². The van der Waals surface area contributed by atoms with Gasteiger partial charge in [0, 0.05) is 50.3 Å². The van der Waals surface area contributed by atoms with Crippen molar-refractivity contribution in [3.63, 3.8) is 0 Å². The smallest absolute Gasteiger partial charge is 0.240 e. The minimum Gasteiger partial charge on any atom is -0.372 e. The van der Waals surface area contributed by atoms with Gasteiger partial charge in [-0.3, -0.25) is 14.6 Å². The molecule has 0 aliphatic carbocycles. The number of nitrogens with zero attached hydrogens (tertiary/aromatic N) is 3. The number of hydrogen-bond donors (Lipinski definition) is 1. The van der Waals surface area contributed by atoms with Crippen molar-refractivity contribution in [1.29, 1.82) is 0 Å². The molecule has 0 aliphatic heterocycles. The van der Waals surface area contributed by atoms with Gasteiger partial charge in [-0.25, -0.2) is 0 Å². The molecule has 1 heterocycles. The van der Waals surface area contributed by atoms with Crippen molar-refractivity contribution in [2.75, 3.05) is 29.4 Å². The van der Waals surface area contributed by atoms with Crippen LogP contribution >= 0.6 is 0 Å². The topological polar surface area (TPSA) is 65.5 Å². The number of benzene rings is 1. The van der Waals surface area contributed by atoms with E-state index in [1.54, 1.807) is 12.4 Å². The van der Waals surface area contributed by atoms with Crippen LogP contribution in [-0.2, 0) is 16.1 Å². The van der Waals surface area contributed by atoms with E-state index in [1.165, 1.54) is 11.8 Å². The molecule has 1 aromatic carbocycles. The van der Waals surface area contributed by atoms with Crippen molar-refractivity contribution in [2.24, 2.45) is 0 Å². The van der Waals surface area contributed by atoms with E-state index in [4.69, 9.17) is 0 Å². The highest BCUT2D eigenvalue weighted by molar-refractivity contribution is 5.97. The summed E-state index contributed by atoms with van der Waals surface area (Å²) in [5.74, 6) is -0.381. The predicted molar refractivity (Wildman–Crippen MR) is 104 cm³/mol. The maximum Gasteiger partial charge on any atom is 0.240 e. The lowest BCUT2D eigenvalue weighted by atomic mass is 10.2. The van der Waals surface area contributed by atoms with Crippen LogP contribution in [0, 0.1) is 0 Å². The van der Waals surface area contributed by atoms with Crippen LogP contribution in [0.4, 0.5) is 11.4 Å². The molecule has 138 valence electrons. The Morgan fingerprint density at radius 1 is 1.04 bits per heavy atom. The van der Waals surface area contributed by atoms with Crippen molar-refractivity contribution in [1.82, 2.24) is 10.3 Å². The third-order valence-corrected chi connectivity index (χ3v) is 4.18. The van der Waals surface area contributed by atoms with Crippen LogP contribution in [0.1, 0.15) is 26.3 Å². The summed E-state index contributed by atoms with van der Waals surface area (Å²) in [6, 6.07) is 11.4. The molecule has 0 unspecified atom stereocenters. The molecule has 0 spiro atoms. The number of pyridine rings is 1. The molecule has 0 saturated heterocycles. The van der Waals surface area contributed by atoms with Gasteiger partial charge in [-0.2, -0.15) is 0 Å². The van der Waals surface area contributed by atoms with Gasteiger partial charge < -0.3 is 15.1 Å². The van der Waals surface area contributed by atoms with Crippen molar-refractivity contribution in [3.8, 4) is 0 Å². The molecule has 0 fully saturated rings. The second-order valence-corrected chi connectivity index (χ2v) is 5.93. The number of hydrogen-bond acceptors (Lipinski definition) is 4. The molecular formula is C20H26N4O2. The highest BCUT2D eigenvalue weighted by Crippen LogP contribution is 2.21. The van der Waals surface area contributed by atoms with Gasteiger partial charge in [0.15, 0.2) is 0 Å². The summed E-state index contributed by atoms with van der Waals surface area (Å²) < 4.78 is 0. The predicted octanol–water partition coefficient (Wildman–Crippen LogP) is 2.60. The Balaban J connectivity index is 2.01. The number of rotatable bonds is 8. The number of nitrogens with one attached hydrogen (secondary N) is 1. The highest BCUT2D eigenvalue weighted by atomic mass is 16.2. The molecule has 0 atom stereocenters. The van der Waals surface area contributed by atoms with Crippen molar-refractivity contribution >= 4 is 23.2 Å². The Bertz CT molecular complexity index is 712. The lowest BCUT2D eigenvalue weighted by molar-refractivity contribution is -0.123. The SMILES string of the molecule is CCN(CC)c1ccc(N(CC(=O)NCc2cccnc2)C(C)=O)cc1. The summed E-state index contributed by atoms with van der Waals surface area (Å²) >= 11 is 0. The summed E-state index contributed by atoms with van der Waals surface area (Å²) in [7, 11) is 0. The summed E-state index contributed by atoms with van der Waals surface area (Å²) in [5.41, 5.74) is 2.73. The monoisotopic (exact) mass is 354 g/mol. The first kappa shape index (κ1) is 19.4. The number of carbonyl (C=O) groups is 2. The molecule has 6 heteroatoms. The zero-order chi connectivity index (χ0) is 18.9. The number of carbonyl (C=O) groups excluding carboxylic acids is 2. The average molecular weight is 354 g/mol. The molecule has 1 N–H and O–H groups in total. The fourth-order valence-electron chi connectivity index (χ4n) is 2.72. The maximum atomic E-state index is 12.2. The van der Waals surface area contributed by atoms with Crippen LogP contribution in [0.15, 0.2) is 48.8 Å². The molecule has 0 aliphatic rings. The first-order chi connectivity index (χ1) is 12.5. The summed E-state index contributed by atoms with van der Waals surface area (Å²) in [6.07, 6.45) is 3.39. The quantitative estimate of drug-likeness (QED) is 0.791. The van der Waals surface area contributed by atoms with Gasteiger partial charge >= 0.3 is 0 Å². The highest BCUT2D eigenvalue weighted by Gasteiger charge is 2.16. The van der Waals surface area contributed by atoms with E-state index in [9.17, 15) is 9.59 Å². The second-order valence-electron chi connectivity index (χ2n) is 5.93. The van der Waals surface area contributed by atoms with Crippen LogP contribution < -0.4 is 15.1 Å². The van der Waals surface area contributed by atoms with Crippen molar-refractivity contribution < 1.29 is 9.59 Å². The van der Waals surface area contributed by atoms with E-state index in [0.29, 0.717) is 12.2 Å². The minimum absolute atomic E-state index is 0.0137. The first-order valence-electron chi connectivity index (χ1n) is 8.83. The van der Waals surface area contributed by atoms with Crippen LogP contribution in [0.25, 0.3) is 0 Å². The molecule has 26 heavy (non-hydrogen) atoms. The Morgan fingerprint density at radius 2 is 1.69 bits per heavy atom. The molecule has 0 bridgehead atoms. The summed E-state index contributed by atoms with van der Waals surface area (Å²) in [5, 5.41) is 2.82. The molecule has 0 saturated carbocycles. The van der Waals surface area contributed by atoms with Crippen LogP contribution in [-0.4, -0.2) is 36.4 Å². The number of anilines is 2. The minimum atomic E-state index is -0.211. The zero-order valence-electron chi connectivity index (χ0n) is 15.6. The summed E-state index contributed by atoms with van der Waals surface area (Å²) in [6.45, 7) is 7.88. The van der Waals surface area contributed by atoms with E-state index in [0.717, 1.165) is 24.3 Å². The fourth-order valence-corrected chi connectivity index (χ4v) is 2.72. The third-order valence-electron chi connectivity index (χ3n) is 4.18. The molecule has 1 aromatic heterocycles. The number of aromatic nitrogens is 1. The second kappa shape index (κ2) is 9.56. The lowest BCUT2D eigenvalue weighted by Crippen LogP contribution is -2.39. The molecule has 6 nitrogen and oxygen atoms in total. The van der Waals surface area contributed by atoms with Gasteiger partial charge in [0.1, 0.15) is 6.54 Å². The van der Waals surface area contributed by atoms with E-state index in [1.807, 2.05) is 36.4 Å². The third kappa shape index (κ3) is 5.31. The van der Waals surface area contributed by atoms with Crippen molar-refractivity contribution in [3.05, 3.63) is 54.4 Å². The first-order valence-corrected chi connectivity index (χ1v) is 8.83. The number of amides is 2. The van der Waals surface area contributed by atoms with Crippen LogP contribution in [0.2, 0.25) is 0 Å². The lowest BCUT2D eigenvalue weighted by Gasteiger charge is -2.24. The molecule has 2 aromatic rings. The van der Waals surface area contributed by atoms with Gasteiger partial charge in [-0.15, -0.1) is 0 Å². The van der Waals surface area contributed by atoms with Gasteiger partial charge in [-0.05, 0) is 49.7 Å². The average Bonchev–Trinajstić information content (AvgIpc) is 2.67. The van der Waals surface area contributed by atoms with E-state index in [2.05, 4.69) is 29.0 Å². The largest absolute Gasteiger partial charge is 0.372 e. The zero-order valence-corrected chi connectivity index (χ0v) is 15.6. The molecule has 0 radical (unpaired) electrons. The Morgan fingerprint density at radius 3 is 2.23 bits per heavy atom. The van der Waals surface area contributed by atoms with E-state index in [-0.39, 0.29) is 18.4 Å². The van der Waals surface area contributed by atoms with Gasteiger partial charge in [0.2, 0.25) is 11.8 Å². The van der Waals surface area contributed by atoms with Crippen molar-refractivity contribution in [2.45, 2.75) is 27.3 Å². The normalized spacial score (nSPS) is 10.3. The van der Waals surface area contributed by atoms with Gasteiger partial charge in [0.05, 0.1) is 0 Å². The Labute approximate surface area is 154 Å². The maximum absolute atomic E-state index is 12.2. The van der Waals surface area contributed by atoms with Gasteiger partial charge in [-0.1, -0.05) is 6.07 Å². The van der Waals surface area contributed by atoms with Crippen LogP contribution in [0.5, 0.6) is 0 Å².